The van der Waals surface area contributed by atoms with Gasteiger partial charge < -0.3 is 29.9 Å². The van der Waals surface area contributed by atoms with E-state index in [1.165, 1.54) is 12.1 Å². The van der Waals surface area contributed by atoms with Crippen LogP contribution >= 0.6 is 0 Å². The van der Waals surface area contributed by atoms with Gasteiger partial charge in [-0.25, -0.2) is 28.3 Å². The minimum absolute atomic E-state index is 0.0351. The van der Waals surface area contributed by atoms with Crippen LogP contribution in [-0.2, 0) is 11.2 Å². The molecule has 42 heavy (non-hydrogen) atoms. The second kappa shape index (κ2) is 13.4. The Morgan fingerprint density at radius 3 is 2.26 bits per heavy atom. The first-order chi connectivity index (χ1) is 19.6. The molecule has 2 aliphatic heterocycles. The summed E-state index contributed by atoms with van der Waals surface area (Å²) < 4.78 is 64.7. The number of aliphatic carboxylic acids is 1. The van der Waals surface area contributed by atoms with Crippen LogP contribution in [-0.4, -0.2) is 88.9 Å². The van der Waals surface area contributed by atoms with E-state index in [1.54, 1.807) is 19.0 Å². The number of carboxylic acid groups (broad SMARTS) is 1. The predicted octanol–water partition coefficient (Wildman–Crippen LogP) is 4.86. The minimum Gasteiger partial charge on any atom is -0.487 e. The lowest BCUT2D eigenvalue weighted by molar-refractivity contribution is -0.192. The molecule has 1 aromatic heterocycles. The summed E-state index contributed by atoms with van der Waals surface area (Å²) in [6, 6.07) is 3.32. The van der Waals surface area contributed by atoms with Gasteiger partial charge in [0.25, 0.3) is 0 Å². The van der Waals surface area contributed by atoms with Gasteiger partial charge in [0, 0.05) is 65.1 Å². The number of hydrogen-bond acceptors (Lipinski definition) is 7. The highest BCUT2D eigenvalue weighted by Gasteiger charge is 2.38. The van der Waals surface area contributed by atoms with Gasteiger partial charge in [-0.2, -0.15) is 13.2 Å². The molecule has 1 aromatic carbocycles. The number of amides is 2. The van der Waals surface area contributed by atoms with Crippen LogP contribution in [0.5, 0.6) is 5.75 Å². The Hall–Kier alpha value is -3.91. The van der Waals surface area contributed by atoms with Crippen LogP contribution in [0.2, 0.25) is 0 Å². The SMILES string of the molecule is CC(C)Nc1nc2c(nc1N1CCC(Oc3ccc(F)cc3F)CC1)CCN(C(=O)N(C)C)C2C.O=C(O)C(F)(F)F. The first kappa shape index (κ1) is 32.6. The van der Waals surface area contributed by atoms with Crippen LogP contribution in [0, 0.1) is 11.6 Å². The number of halogens is 5. The fourth-order valence-electron chi connectivity index (χ4n) is 4.60. The van der Waals surface area contributed by atoms with Crippen LogP contribution in [0.25, 0.3) is 0 Å². The normalized spacial score (nSPS) is 17.3. The van der Waals surface area contributed by atoms with E-state index in [1.807, 2.05) is 25.7 Å². The molecule has 2 aromatic rings. The molecule has 10 nitrogen and oxygen atoms in total. The van der Waals surface area contributed by atoms with E-state index < -0.39 is 23.8 Å². The van der Waals surface area contributed by atoms with Gasteiger partial charge in [-0.1, -0.05) is 0 Å². The molecule has 0 spiro atoms. The van der Waals surface area contributed by atoms with Crippen molar-refractivity contribution >= 4 is 23.6 Å². The maximum Gasteiger partial charge on any atom is 0.490 e. The van der Waals surface area contributed by atoms with Crippen molar-refractivity contribution in [3.63, 3.8) is 0 Å². The zero-order chi connectivity index (χ0) is 31.4. The number of ether oxygens (including phenoxy) is 1. The van der Waals surface area contributed by atoms with Crippen LogP contribution in [0.4, 0.5) is 38.4 Å². The molecule has 15 heteroatoms. The first-order valence-corrected chi connectivity index (χ1v) is 13.4. The fraction of sp³-hybridized carbons (Fsp3) is 0.556. The molecule has 2 N–H and O–H groups in total. The van der Waals surface area contributed by atoms with Gasteiger partial charge >= 0.3 is 18.2 Å². The van der Waals surface area contributed by atoms with Crippen LogP contribution in [0.3, 0.4) is 0 Å². The number of rotatable bonds is 5. The lowest BCUT2D eigenvalue weighted by Gasteiger charge is -2.38. The lowest BCUT2D eigenvalue weighted by atomic mass is 10.0. The fourth-order valence-corrected chi connectivity index (χ4v) is 4.60. The number of fused-ring (bicyclic) bond motifs is 1. The molecule has 232 valence electrons. The summed E-state index contributed by atoms with van der Waals surface area (Å²) >= 11 is 0. The largest absolute Gasteiger partial charge is 0.490 e. The van der Waals surface area contributed by atoms with Gasteiger partial charge in [-0.3, -0.25) is 0 Å². The molecule has 0 bridgehead atoms. The molecular formula is C27H35F5N6O4. The average Bonchev–Trinajstić information content (AvgIpc) is 2.90. The molecule has 1 unspecified atom stereocenters. The highest BCUT2D eigenvalue weighted by atomic mass is 19.4. The maximum absolute atomic E-state index is 14.0. The van der Waals surface area contributed by atoms with Gasteiger partial charge in [0.15, 0.2) is 23.2 Å². The summed E-state index contributed by atoms with van der Waals surface area (Å²) in [5.41, 5.74) is 1.74. The number of benzene rings is 1. The van der Waals surface area contributed by atoms with Crippen LogP contribution in [0.15, 0.2) is 18.2 Å². The second-order valence-corrected chi connectivity index (χ2v) is 10.5. The predicted molar refractivity (Wildman–Crippen MR) is 145 cm³/mol. The van der Waals surface area contributed by atoms with Gasteiger partial charge in [-0.15, -0.1) is 0 Å². The summed E-state index contributed by atoms with van der Waals surface area (Å²) in [5.74, 6) is -2.49. The summed E-state index contributed by atoms with van der Waals surface area (Å²) in [6.45, 7) is 8.03. The molecule has 0 saturated carbocycles. The molecule has 1 saturated heterocycles. The van der Waals surface area contributed by atoms with E-state index in [-0.39, 0.29) is 30.0 Å². The number of aromatic nitrogens is 2. The monoisotopic (exact) mass is 602 g/mol. The molecule has 2 amide bonds. The van der Waals surface area contributed by atoms with E-state index in [2.05, 4.69) is 10.2 Å². The number of carboxylic acids is 1. The molecular weight excluding hydrogens is 567 g/mol. The molecule has 3 heterocycles. The van der Waals surface area contributed by atoms with Crippen LogP contribution < -0.4 is 15.0 Å². The smallest absolute Gasteiger partial charge is 0.487 e. The Kier molecular flexibility index (Phi) is 10.4. The van der Waals surface area contributed by atoms with Gasteiger partial charge in [0.2, 0.25) is 0 Å². The average molecular weight is 603 g/mol. The van der Waals surface area contributed by atoms with Crippen molar-refractivity contribution in [3.05, 3.63) is 41.2 Å². The van der Waals surface area contributed by atoms with Crippen molar-refractivity contribution in [2.24, 2.45) is 0 Å². The third-order valence-electron chi connectivity index (χ3n) is 6.66. The third kappa shape index (κ3) is 8.10. The van der Waals surface area contributed by atoms with Gasteiger partial charge in [0.05, 0.1) is 17.4 Å². The number of carbonyl (C=O) groups excluding carboxylic acids is 1. The van der Waals surface area contributed by atoms with Crippen molar-refractivity contribution < 1.29 is 41.4 Å². The highest BCUT2D eigenvalue weighted by Crippen LogP contribution is 2.34. The lowest BCUT2D eigenvalue weighted by Crippen LogP contribution is -2.45. The number of piperidine rings is 1. The standard InChI is InChI=1S/C25H34F2N6O2.C2HF3O2/c1-15(2)28-23-24(29-20-10-13-33(25(34)31(4)5)16(3)22(20)30-23)32-11-8-18(9-12-32)35-21-7-6-17(26)14-19(21)27;3-2(4,5)1(6)7/h6-7,14-16,18H,8-13H2,1-5H3,(H,28,30);(H,6,7). The number of carbonyl (C=O) groups is 2. The Bertz CT molecular complexity index is 1270. The topological polar surface area (TPSA) is 111 Å². The number of nitrogens with one attached hydrogen (secondary N) is 1. The summed E-state index contributed by atoms with van der Waals surface area (Å²) in [6.07, 6.45) is -3.25. The minimum atomic E-state index is -5.08. The molecule has 1 atom stereocenters. The van der Waals surface area contributed by atoms with Crippen LogP contribution in [0.1, 0.15) is 51.0 Å². The van der Waals surface area contributed by atoms with Gasteiger partial charge in [0.1, 0.15) is 11.9 Å². The van der Waals surface area contributed by atoms with E-state index in [4.69, 9.17) is 24.6 Å². The number of urea groups is 1. The summed E-state index contributed by atoms with van der Waals surface area (Å²) in [7, 11) is 3.51. The molecule has 0 aliphatic carbocycles. The Balaban J connectivity index is 0.000000616. The van der Waals surface area contributed by atoms with Crippen molar-refractivity contribution in [2.45, 2.75) is 64.4 Å². The van der Waals surface area contributed by atoms with Crippen molar-refractivity contribution in [2.75, 3.05) is 43.9 Å². The zero-order valence-electron chi connectivity index (χ0n) is 24.0. The summed E-state index contributed by atoms with van der Waals surface area (Å²) in [4.78, 5) is 37.1. The van der Waals surface area contributed by atoms with Crippen molar-refractivity contribution in [3.8, 4) is 5.75 Å². The second-order valence-electron chi connectivity index (χ2n) is 10.5. The maximum atomic E-state index is 14.0. The third-order valence-corrected chi connectivity index (χ3v) is 6.66. The Morgan fingerprint density at radius 2 is 1.74 bits per heavy atom. The summed E-state index contributed by atoms with van der Waals surface area (Å²) in [5, 5.41) is 10.6. The van der Waals surface area contributed by atoms with Gasteiger partial charge in [-0.05, 0) is 32.9 Å². The first-order valence-electron chi connectivity index (χ1n) is 13.4. The molecule has 1 fully saturated rings. The molecule has 0 radical (unpaired) electrons. The number of anilines is 2. The zero-order valence-corrected chi connectivity index (χ0v) is 24.0. The van der Waals surface area contributed by atoms with E-state index >= 15 is 0 Å². The number of nitrogens with zero attached hydrogens (tertiary/aromatic N) is 5. The van der Waals surface area contributed by atoms with E-state index in [0.29, 0.717) is 44.7 Å². The number of alkyl halides is 3. The molecule has 2 aliphatic rings. The Morgan fingerprint density at radius 1 is 1.12 bits per heavy atom. The van der Waals surface area contributed by atoms with Crippen molar-refractivity contribution in [1.29, 1.82) is 0 Å². The Labute approximate surface area is 240 Å². The molecule has 4 rings (SSSR count). The highest BCUT2D eigenvalue weighted by molar-refractivity contribution is 5.75. The number of hydrogen-bond donors (Lipinski definition) is 2. The van der Waals surface area contributed by atoms with Crippen molar-refractivity contribution in [1.82, 2.24) is 19.8 Å². The quantitative estimate of drug-likeness (QED) is 0.467. The van der Waals surface area contributed by atoms with E-state index in [9.17, 15) is 26.7 Å². The van der Waals surface area contributed by atoms with E-state index in [0.717, 1.165) is 23.3 Å².